The quantitative estimate of drug-likeness (QED) is 0.806. The van der Waals surface area contributed by atoms with E-state index in [1.807, 2.05) is 32.9 Å². The molecule has 5 heteroatoms. The number of hydrogen-bond acceptors (Lipinski definition) is 3. The Morgan fingerprint density at radius 3 is 2.00 bits per heavy atom. The molecule has 0 aromatic heterocycles. The normalized spacial score (nSPS) is 10.0. The van der Waals surface area contributed by atoms with Gasteiger partial charge >= 0.3 is 6.09 Å². The number of hydrazine groups is 1. The Bertz CT molecular complexity index is 461. The molecule has 1 rings (SSSR count). The van der Waals surface area contributed by atoms with Gasteiger partial charge < -0.3 is 4.74 Å². The van der Waals surface area contributed by atoms with Crippen LogP contribution < -0.4 is 5.43 Å². The molecule has 0 saturated carbocycles. The second kappa shape index (κ2) is 8.29. The third-order valence-corrected chi connectivity index (χ3v) is 2.25. The van der Waals surface area contributed by atoms with Crippen LogP contribution in [0.2, 0.25) is 0 Å². The Balaban J connectivity index is 0.00000191. The molecule has 0 heterocycles. The van der Waals surface area contributed by atoms with Crippen LogP contribution in [0.3, 0.4) is 0 Å². The van der Waals surface area contributed by atoms with Crippen molar-refractivity contribution in [2.24, 2.45) is 0 Å². The number of carbonyl (C=O) groups is 2. The van der Waals surface area contributed by atoms with Crippen LogP contribution in [-0.4, -0.2) is 29.7 Å². The Kier molecular flexibility index (Phi) is 7.49. The van der Waals surface area contributed by atoms with Crippen molar-refractivity contribution in [1.82, 2.24) is 10.4 Å². The van der Waals surface area contributed by atoms with Crippen molar-refractivity contribution in [3.8, 4) is 0 Å². The van der Waals surface area contributed by atoms with Gasteiger partial charge in [-0.15, -0.1) is 0 Å². The lowest BCUT2D eigenvalue weighted by molar-refractivity contribution is 0.0195. The summed E-state index contributed by atoms with van der Waals surface area (Å²) < 4.78 is 5.13. The molecule has 0 spiro atoms. The first-order chi connectivity index (χ1) is 9.69. The van der Waals surface area contributed by atoms with Crippen molar-refractivity contribution in [3.63, 3.8) is 0 Å². The van der Waals surface area contributed by atoms with Crippen molar-refractivity contribution in [2.45, 2.75) is 47.1 Å². The summed E-state index contributed by atoms with van der Waals surface area (Å²) >= 11 is 0. The summed E-state index contributed by atoms with van der Waals surface area (Å²) in [5.74, 6) is -0.353. The van der Waals surface area contributed by atoms with Crippen LogP contribution in [0, 0.1) is 6.92 Å². The average Bonchev–Trinajstić information content (AvgIpc) is 2.39. The topological polar surface area (TPSA) is 58.6 Å². The van der Waals surface area contributed by atoms with E-state index in [0.717, 1.165) is 10.6 Å². The lowest BCUT2D eigenvalue weighted by Gasteiger charge is -2.24. The van der Waals surface area contributed by atoms with E-state index in [9.17, 15) is 9.59 Å². The minimum Gasteiger partial charge on any atom is -0.442 e. The minimum atomic E-state index is -0.604. The van der Waals surface area contributed by atoms with Gasteiger partial charge in [0.25, 0.3) is 5.91 Å². The van der Waals surface area contributed by atoms with Gasteiger partial charge in [0.05, 0.1) is 0 Å². The van der Waals surface area contributed by atoms with E-state index >= 15 is 0 Å². The van der Waals surface area contributed by atoms with Crippen molar-refractivity contribution < 1.29 is 14.3 Å². The average molecular weight is 294 g/mol. The maximum Gasteiger partial charge on any atom is 0.428 e. The fourth-order valence-corrected chi connectivity index (χ4v) is 1.30. The molecule has 0 aliphatic carbocycles. The van der Waals surface area contributed by atoms with Crippen LogP contribution in [0.5, 0.6) is 0 Å². The van der Waals surface area contributed by atoms with Gasteiger partial charge in [-0.25, -0.2) is 9.80 Å². The molecule has 0 aliphatic rings. The summed E-state index contributed by atoms with van der Waals surface area (Å²) in [6.45, 7) is 11.2. The van der Waals surface area contributed by atoms with Gasteiger partial charge in [-0.1, -0.05) is 31.5 Å². The SMILES string of the molecule is CC.Cc1ccc(C(=O)NN(C)C(=O)OC(C)(C)C)cc1. The summed E-state index contributed by atoms with van der Waals surface area (Å²) in [5.41, 5.74) is 3.41. The summed E-state index contributed by atoms with van der Waals surface area (Å²) in [5, 5.41) is 1.04. The smallest absolute Gasteiger partial charge is 0.428 e. The van der Waals surface area contributed by atoms with Crippen LogP contribution in [0.4, 0.5) is 4.79 Å². The van der Waals surface area contributed by atoms with Gasteiger partial charge in [-0.2, -0.15) is 0 Å². The van der Waals surface area contributed by atoms with Crippen LogP contribution in [0.25, 0.3) is 0 Å². The highest BCUT2D eigenvalue weighted by Gasteiger charge is 2.21. The molecule has 2 amide bonds. The second-order valence-corrected chi connectivity index (χ2v) is 5.35. The van der Waals surface area contributed by atoms with Crippen LogP contribution in [0.15, 0.2) is 24.3 Å². The Morgan fingerprint density at radius 1 is 1.10 bits per heavy atom. The van der Waals surface area contributed by atoms with Crippen LogP contribution in [0.1, 0.15) is 50.5 Å². The zero-order valence-electron chi connectivity index (χ0n) is 14.0. The van der Waals surface area contributed by atoms with E-state index in [-0.39, 0.29) is 5.91 Å². The van der Waals surface area contributed by atoms with E-state index < -0.39 is 11.7 Å². The first kappa shape index (κ1) is 19.0. The summed E-state index contributed by atoms with van der Waals surface area (Å²) in [6, 6.07) is 7.08. The van der Waals surface area contributed by atoms with Crippen LogP contribution >= 0.6 is 0 Å². The molecule has 1 aromatic rings. The van der Waals surface area contributed by atoms with Crippen molar-refractivity contribution in [2.75, 3.05) is 7.05 Å². The molecule has 0 saturated heterocycles. The van der Waals surface area contributed by atoms with Gasteiger partial charge in [-0.3, -0.25) is 10.2 Å². The number of carbonyl (C=O) groups excluding carboxylic acids is 2. The van der Waals surface area contributed by atoms with Gasteiger partial charge in [0.15, 0.2) is 0 Å². The highest BCUT2D eigenvalue weighted by Crippen LogP contribution is 2.08. The molecule has 0 atom stereocenters. The molecular weight excluding hydrogens is 268 g/mol. The molecule has 21 heavy (non-hydrogen) atoms. The number of ether oxygens (including phenoxy) is 1. The molecule has 5 nitrogen and oxygen atoms in total. The summed E-state index contributed by atoms with van der Waals surface area (Å²) in [6.07, 6.45) is -0.604. The Labute approximate surface area is 127 Å². The van der Waals surface area contributed by atoms with Gasteiger partial charge in [-0.05, 0) is 39.8 Å². The molecule has 0 aliphatic heterocycles. The molecule has 1 aromatic carbocycles. The summed E-state index contributed by atoms with van der Waals surface area (Å²) in [7, 11) is 1.44. The number of hydrogen-bond donors (Lipinski definition) is 1. The highest BCUT2D eigenvalue weighted by atomic mass is 16.6. The van der Waals surface area contributed by atoms with E-state index in [2.05, 4.69) is 5.43 Å². The van der Waals surface area contributed by atoms with Gasteiger partial charge in [0.1, 0.15) is 5.60 Å². The largest absolute Gasteiger partial charge is 0.442 e. The molecule has 0 radical (unpaired) electrons. The second-order valence-electron chi connectivity index (χ2n) is 5.35. The molecule has 0 fully saturated rings. The first-order valence-corrected chi connectivity index (χ1v) is 7.03. The zero-order valence-corrected chi connectivity index (χ0v) is 14.0. The molecule has 0 bridgehead atoms. The van der Waals surface area contributed by atoms with E-state index in [0.29, 0.717) is 5.56 Å². The predicted molar refractivity (Wildman–Crippen MR) is 84.0 cm³/mol. The zero-order chi connectivity index (χ0) is 16.6. The number of amides is 2. The van der Waals surface area contributed by atoms with Crippen molar-refractivity contribution >= 4 is 12.0 Å². The first-order valence-electron chi connectivity index (χ1n) is 7.03. The third kappa shape index (κ3) is 7.34. The molecule has 1 N–H and O–H groups in total. The van der Waals surface area contributed by atoms with Gasteiger partial charge in [0.2, 0.25) is 0 Å². The van der Waals surface area contributed by atoms with E-state index in [1.54, 1.807) is 32.9 Å². The molecule has 0 unspecified atom stereocenters. The number of benzene rings is 1. The number of rotatable bonds is 1. The monoisotopic (exact) mass is 294 g/mol. The summed E-state index contributed by atoms with van der Waals surface area (Å²) in [4.78, 5) is 23.5. The number of nitrogens with zero attached hydrogens (tertiary/aromatic N) is 1. The maximum absolute atomic E-state index is 11.9. The Hall–Kier alpha value is -2.04. The molecule has 118 valence electrons. The fourth-order valence-electron chi connectivity index (χ4n) is 1.30. The van der Waals surface area contributed by atoms with E-state index in [1.165, 1.54) is 7.05 Å². The van der Waals surface area contributed by atoms with Crippen molar-refractivity contribution in [3.05, 3.63) is 35.4 Å². The third-order valence-electron chi connectivity index (χ3n) is 2.25. The van der Waals surface area contributed by atoms with Crippen LogP contribution in [-0.2, 0) is 4.74 Å². The van der Waals surface area contributed by atoms with E-state index in [4.69, 9.17) is 4.74 Å². The fraction of sp³-hybridized carbons (Fsp3) is 0.500. The number of nitrogens with one attached hydrogen (secondary N) is 1. The highest BCUT2D eigenvalue weighted by molar-refractivity contribution is 5.94. The molecular formula is C16H26N2O3. The Morgan fingerprint density at radius 2 is 1.57 bits per heavy atom. The lowest BCUT2D eigenvalue weighted by Crippen LogP contribution is -2.45. The maximum atomic E-state index is 11.9. The van der Waals surface area contributed by atoms with Crippen molar-refractivity contribution in [1.29, 1.82) is 0 Å². The number of aryl methyl sites for hydroxylation is 1. The standard InChI is InChI=1S/C14H20N2O3.C2H6/c1-10-6-8-11(9-7-10)12(17)15-16(5)13(18)19-14(2,3)4;1-2/h6-9H,1-5H3,(H,15,17);1-2H3. The predicted octanol–water partition coefficient (Wildman–Crippen LogP) is 3.53. The lowest BCUT2D eigenvalue weighted by atomic mass is 10.1. The minimum absolute atomic E-state index is 0.353. The van der Waals surface area contributed by atoms with Gasteiger partial charge in [0, 0.05) is 12.6 Å².